The topological polar surface area (TPSA) is 39.7 Å². The van der Waals surface area contributed by atoms with Crippen LogP contribution in [0.2, 0.25) is 0 Å². The molecule has 1 aliphatic carbocycles. The Bertz CT molecular complexity index is 404. The molecule has 0 aliphatic heterocycles. The highest BCUT2D eigenvalue weighted by Crippen LogP contribution is 2.37. The zero-order valence-corrected chi connectivity index (χ0v) is 12.6. The molecule has 0 spiro atoms. The summed E-state index contributed by atoms with van der Waals surface area (Å²) in [7, 11) is 5.14. The summed E-state index contributed by atoms with van der Waals surface area (Å²) in [5.41, 5.74) is 1.38. The van der Waals surface area contributed by atoms with E-state index in [4.69, 9.17) is 14.2 Å². The first-order valence-corrected chi connectivity index (χ1v) is 7.16. The average Bonchev–Trinajstić information content (AvgIpc) is 2.44. The van der Waals surface area contributed by atoms with Gasteiger partial charge in [0.15, 0.2) is 0 Å². The standard InChI is InChI=1S/C16H25NO3/c1-18-11-16(20-3)10-17-14-7-13(8-14)12-5-4-6-15(9-12)19-2/h4-6,9,13-14,16-17H,7-8,10-11H2,1-3H3. The van der Waals surface area contributed by atoms with E-state index in [1.807, 2.05) is 6.07 Å². The molecule has 1 aromatic rings. The Labute approximate surface area is 121 Å². The van der Waals surface area contributed by atoms with Crippen LogP contribution in [0, 0.1) is 0 Å². The predicted molar refractivity (Wildman–Crippen MR) is 79.4 cm³/mol. The van der Waals surface area contributed by atoms with Crippen molar-refractivity contribution in [2.24, 2.45) is 0 Å². The summed E-state index contributed by atoms with van der Waals surface area (Å²) in [5, 5.41) is 3.55. The van der Waals surface area contributed by atoms with Gasteiger partial charge in [0, 0.05) is 26.8 Å². The Morgan fingerprint density at radius 1 is 1.25 bits per heavy atom. The van der Waals surface area contributed by atoms with Gasteiger partial charge in [-0.3, -0.25) is 0 Å². The summed E-state index contributed by atoms with van der Waals surface area (Å²) in [4.78, 5) is 0. The predicted octanol–water partition coefficient (Wildman–Crippen LogP) is 2.19. The first-order chi connectivity index (χ1) is 9.76. The lowest BCUT2D eigenvalue weighted by atomic mass is 9.76. The summed E-state index contributed by atoms with van der Waals surface area (Å²) < 4.78 is 15.7. The third-order valence-electron chi connectivity index (χ3n) is 4.02. The van der Waals surface area contributed by atoms with Crippen LogP contribution in [0.3, 0.4) is 0 Å². The van der Waals surface area contributed by atoms with Crippen LogP contribution in [-0.4, -0.2) is 46.6 Å². The molecule has 0 bridgehead atoms. The van der Waals surface area contributed by atoms with Gasteiger partial charge in [0.2, 0.25) is 0 Å². The lowest BCUT2D eigenvalue weighted by Crippen LogP contribution is -2.44. The maximum atomic E-state index is 5.35. The van der Waals surface area contributed by atoms with Crippen molar-refractivity contribution < 1.29 is 14.2 Å². The number of nitrogens with one attached hydrogen (secondary N) is 1. The lowest BCUT2D eigenvalue weighted by Gasteiger charge is -2.37. The molecule has 1 aromatic carbocycles. The fourth-order valence-electron chi connectivity index (χ4n) is 2.65. The zero-order chi connectivity index (χ0) is 14.4. The van der Waals surface area contributed by atoms with Crippen molar-refractivity contribution in [1.29, 1.82) is 0 Å². The molecule has 4 heteroatoms. The van der Waals surface area contributed by atoms with Crippen LogP contribution in [0.4, 0.5) is 0 Å². The Morgan fingerprint density at radius 2 is 2.05 bits per heavy atom. The van der Waals surface area contributed by atoms with Crippen LogP contribution in [0.1, 0.15) is 24.3 Å². The average molecular weight is 279 g/mol. The molecule has 0 heterocycles. The number of ether oxygens (including phenoxy) is 3. The Hall–Kier alpha value is -1.10. The van der Waals surface area contributed by atoms with Gasteiger partial charge in [-0.1, -0.05) is 12.1 Å². The van der Waals surface area contributed by atoms with E-state index in [-0.39, 0.29) is 6.10 Å². The molecule has 112 valence electrons. The molecule has 20 heavy (non-hydrogen) atoms. The van der Waals surface area contributed by atoms with Crippen molar-refractivity contribution in [1.82, 2.24) is 5.32 Å². The largest absolute Gasteiger partial charge is 0.497 e. The Morgan fingerprint density at radius 3 is 2.70 bits per heavy atom. The van der Waals surface area contributed by atoms with Crippen molar-refractivity contribution >= 4 is 0 Å². The molecule has 1 saturated carbocycles. The summed E-state index contributed by atoms with van der Waals surface area (Å²) >= 11 is 0. The van der Waals surface area contributed by atoms with Gasteiger partial charge in [-0.15, -0.1) is 0 Å². The van der Waals surface area contributed by atoms with Crippen LogP contribution in [0.5, 0.6) is 5.75 Å². The summed E-state index contributed by atoms with van der Waals surface area (Å²) in [6.45, 7) is 1.48. The van der Waals surface area contributed by atoms with Gasteiger partial charge in [-0.2, -0.15) is 0 Å². The fourth-order valence-corrected chi connectivity index (χ4v) is 2.65. The molecule has 1 N–H and O–H groups in total. The summed E-state index contributed by atoms with van der Waals surface area (Å²) in [6, 6.07) is 8.97. The minimum absolute atomic E-state index is 0.135. The molecule has 1 aliphatic rings. The third-order valence-corrected chi connectivity index (χ3v) is 4.02. The van der Waals surface area contributed by atoms with E-state index in [0.717, 1.165) is 12.3 Å². The second-order valence-electron chi connectivity index (χ2n) is 5.36. The van der Waals surface area contributed by atoms with Crippen molar-refractivity contribution in [2.75, 3.05) is 34.5 Å². The SMILES string of the molecule is COCC(CNC1CC(c2cccc(OC)c2)C1)OC. The van der Waals surface area contributed by atoms with E-state index in [1.165, 1.54) is 18.4 Å². The molecular weight excluding hydrogens is 254 g/mol. The van der Waals surface area contributed by atoms with E-state index in [0.29, 0.717) is 18.6 Å². The van der Waals surface area contributed by atoms with Crippen LogP contribution < -0.4 is 10.1 Å². The van der Waals surface area contributed by atoms with Crippen molar-refractivity contribution in [3.63, 3.8) is 0 Å². The highest BCUT2D eigenvalue weighted by molar-refractivity contribution is 5.32. The quantitative estimate of drug-likeness (QED) is 0.792. The van der Waals surface area contributed by atoms with Gasteiger partial charge in [-0.05, 0) is 36.5 Å². The van der Waals surface area contributed by atoms with Crippen molar-refractivity contribution in [3.05, 3.63) is 29.8 Å². The highest BCUT2D eigenvalue weighted by Gasteiger charge is 2.30. The molecule has 0 saturated heterocycles. The van der Waals surface area contributed by atoms with E-state index in [9.17, 15) is 0 Å². The maximum Gasteiger partial charge on any atom is 0.119 e. The van der Waals surface area contributed by atoms with Crippen LogP contribution in [0.15, 0.2) is 24.3 Å². The number of methoxy groups -OCH3 is 3. The van der Waals surface area contributed by atoms with E-state index < -0.39 is 0 Å². The van der Waals surface area contributed by atoms with Crippen LogP contribution >= 0.6 is 0 Å². The van der Waals surface area contributed by atoms with Crippen molar-refractivity contribution in [2.45, 2.75) is 30.9 Å². The van der Waals surface area contributed by atoms with Crippen molar-refractivity contribution in [3.8, 4) is 5.75 Å². The molecule has 0 amide bonds. The number of hydrogen-bond acceptors (Lipinski definition) is 4. The van der Waals surface area contributed by atoms with Gasteiger partial charge in [0.1, 0.15) is 5.75 Å². The van der Waals surface area contributed by atoms with Gasteiger partial charge in [0.05, 0.1) is 19.8 Å². The molecule has 2 rings (SSSR count). The maximum absolute atomic E-state index is 5.35. The number of hydrogen-bond donors (Lipinski definition) is 1. The smallest absolute Gasteiger partial charge is 0.119 e. The van der Waals surface area contributed by atoms with Gasteiger partial charge in [0.25, 0.3) is 0 Å². The second-order valence-corrected chi connectivity index (χ2v) is 5.36. The first kappa shape index (κ1) is 15.3. The molecule has 1 fully saturated rings. The molecular formula is C16H25NO3. The van der Waals surface area contributed by atoms with Crippen LogP contribution in [0.25, 0.3) is 0 Å². The molecule has 0 aromatic heterocycles. The summed E-state index contributed by atoms with van der Waals surface area (Å²) in [5.74, 6) is 1.59. The molecule has 1 atom stereocenters. The van der Waals surface area contributed by atoms with Gasteiger partial charge < -0.3 is 19.5 Å². The molecule has 4 nitrogen and oxygen atoms in total. The van der Waals surface area contributed by atoms with E-state index >= 15 is 0 Å². The first-order valence-electron chi connectivity index (χ1n) is 7.16. The fraction of sp³-hybridized carbons (Fsp3) is 0.625. The zero-order valence-electron chi connectivity index (χ0n) is 12.6. The monoisotopic (exact) mass is 279 g/mol. The number of benzene rings is 1. The summed E-state index contributed by atoms with van der Waals surface area (Å²) in [6.07, 6.45) is 2.49. The lowest BCUT2D eigenvalue weighted by molar-refractivity contribution is 0.0251. The number of rotatable bonds is 8. The van der Waals surface area contributed by atoms with E-state index in [2.05, 4.69) is 23.5 Å². The normalized spacial score (nSPS) is 23.1. The minimum atomic E-state index is 0.135. The van der Waals surface area contributed by atoms with Gasteiger partial charge >= 0.3 is 0 Å². The van der Waals surface area contributed by atoms with Gasteiger partial charge in [-0.25, -0.2) is 0 Å². The molecule has 0 radical (unpaired) electrons. The highest BCUT2D eigenvalue weighted by atomic mass is 16.5. The Balaban J connectivity index is 1.74. The van der Waals surface area contributed by atoms with E-state index in [1.54, 1.807) is 21.3 Å². The second kappa shape index (κ2) is 7.62. The minimum Gasteiger partial charge on any atom is -0.497 e. The Kier molecular flexibility index (Phi) is 5.83. The third kappa shape index (κ3) is 3.95. The molecule has 1 unspecified atom stereocenters. The van der Waals surface area contributed by atoms with Crippen LogP contribution in [-0.2, 0) is 9.47 Å².